The lowest BCUT2D eigenvalue weighted by molar-refractivity contribution is 0.256. The average molecular weight is 229 g/mol. The molecule has 1 radical (unpaired) electrons. The Kier molecular flexibility index (Phi) is 3.68. The second kappa shape index (κ2) is 5.42. The Bertz CT molecular complexity index is 315. The molecule has 1 saturated carbocycles. The minimum atomic E-state index is 0.883. The Hall–Kier alpha value is -0.520. The smallest absolute Gasteiger partial charge is 0.0128 e. The summed E-state index contributed by atoms with van der Waals surface area (Å²) in [6.45, 7) is 0. The zero-order valence-electron chi connectivity index (χ0n) is 11.0. The van der Waals surface area contributed by atoms with Crippen LogP contribution < -0.4 is 0 Å². The van der Waals surface area contributed by atoms with Crippen LogP contribution in [0.2, 0.25) is 0 Å². The summed E-state index contributed by atoms with van der Waals surface area (Å²) in [7, 11) is 0. The Balaban J connectivity index is 1.76. The van der Waals surface area contributed by atoms with Crippen molar-refractivity contribution >= 4 is 0 Å². The quantitative estimate of drug-likeness (QED) is 0.610. The molecule has 93 valence electrons. The molecule has 0 N–H and O–H groups in total. The molecule has 3 rings (SSSR count). The highest BCUT2D eigenvalue weighted by Crippen LogP contribution is 2.43. The fourth-order valence-electron chi connectivity index (χ4n) is 4.10. The van der Waals surface area contributed by atoms with Gasteiger partial charge in [0.05, 0.1) is 0 Å². The van der Waals surface area contributed by atoms with E-state index < -0.39 is 0 Å². The first-order valence-electron chi connectivity index (χ1n) is 7.75. The zero-order valence-corrected chi connectivity index (χ0v) is 11.0. The number of allylic oxidation sites excluding steroid dienone is 4. The van der Waals surface area contributed by atoms with E-state index in [1.807, 2.05) is 0 Å². The van der Waals surface area contributed by atoms with Crippen LogP contribution in [-0.4, -0.2) is 0 Å². The highest BCUT2D eigenvalue weighted by atomic mass is 14.3. The topological polar surface area (TPSA) is 0 Å². The Morgan fingerprint density at radius 3 is 2.59 bits per heavy atom. The molecule has 0 aromatic carbocycles. The van der Waals surface area contributed by atoms with Crippen molar-refractivity contribution in [1.29, 1.82) is 0 Å². The van der Waals surface area contributed by atoms with Gasteiger partial charge in [-0.2, -0.15) is 0 Å². The highest BCUT2D eigenvalue weighted by Gasteiger charge is 2.30. The van der Waals surface area contributed by atoms with E-state index in [0.717, 1.165) is 11.8 Å². The average Bonchev–Trinajstić information content (AvgIpc) is 2.94. The van der Waals surface area contributed by atoms with Gasteiger partial charge in [-0.05, 0) is 80.4 Å². The highest BCUT2D eigenvalue weighted by molar-refractivity contribution is 5.34. The lowest BCUT2D eigenvalue weighted by Gasteiger charge is -2.34. The first-order valence-corrected chi connectivity index (χ1v) is 7.75. The van der Waals surface area contributed by atoms with Crippen molar-refractivity contribution in [2.75, 3.05) is 0 Å². The molecule has 1 fully saturated rings. The third kappa shape index (κ3) is 2.51. The predicted molar refractivity (Wildman–Crippen MR) is 72.6 cm³/mol. The Morgan fingerprint density at radius 1 is 0.941 bits per heavy atom. The summed E-state index contributed by atoms with van der Waals surface area (Å²) in [6.07, 6.45) is 21.8. The molecule has 0 heteroatoms. The maximum Gasteiger partial charge on any atom is -0.0128 e. The van der Waals surface area contributed by atoms with E-state index in [2.05, 4.69) is 12.2 Å². The molecule has 3 aliphatic carbocycles. The van der Waals surface area contributed by atoms with Crippen LogP contribution in [0.1, 0.15) is 70.6 Å². The number of rotatable bonds is 2. The summed E-state index contributed by atoms with van der Waals surface area (Å²) in [4.78, 5) is 0. The standard InChI is InChI=1S/C17H25/c1-2-8-14(9-3-1)16-12-6-7-13-17(16)15-10-4-5-11-15/h10,14,16H,1-9,11-12H2. The largest absolute Gasteiger partial charge is 0.0810 e. The van der Waals surface area contributed by atoms with Crippen molar-refractivity contribution in [2.45, 2.75) is 70.6 Å². The maximum atomic E-state index is 3.76. The molecule has 1 atom stereocenters. The number of hydrogen-bond donors (Lipinski definition) is 0. The molecule has 0 bridgehead atoms. The molecular formula is C17H25. The third-order valence-electron chi connectivity index (χ3n) is 4.98. The van der Waals surface area contributed by atoms with Gasteiger partial charge in [0.15, 0.2) is 0 Å². The molecular weight excluding hydrogens is 204 g/mol. The SMILES string of the molecule is [C]1=C(C2=CCCC2)C(C2CCCCC2)CCC1. The Labute approximate surface area is 106 Å². The van der Waals surface area contributed by atoms with Crippen molar-refractivity contribution in [2.24, 2.45) is 11.8 Å². The molecule has 1 unspecified atom stereocenters. The lowest BCUT2D eigenvalue weighted by Crippen LogP contribution is -2.22. The summed E-state index contributed by atoms with van der Waals surface area (Å²) < 4.78 is 0. The first kappa shape index (κ1) is 11.6. The number of hydrogen-bond acceptors (Lipinski definition) is 0. The molecule has 0 aromatic heterocycles. The van der Waals surface area contributed by atoms with E-state index >= 15 is 0 Å². The van der Waals surface area contributed by atoms with Gasteiger partial charge in [-0.25, -0.2) is 0 Å². The fraction of sp³-hybridized carbons (Fsp3) is 0.765. The molecule has 0 nitrogen and oxygen atoms in total. The molecule has 3 aliphatic rings. The molecule has 0 aliphatic heterocycles. The van der Waals surface area contributed by atoms with Crippen molar-refractivity contribution < 1.29 is 0 Å². The minimum Gasteiger partial charge on any atom is -0.0810 e. The van der Waals surface area contributed by atoms with Crippen molar-refractivity contribution in [3.8, 4) is 0 Å². The second-order valence-electron chi connectivity index (χ2n) is 6.11. The van der Waals surface area contributed by atoms with Gasteiger partial charge in [0, 0.05) is 0 Å². The zero-order chi connectivity index (χ0) is 11.5. The van der Waals surface area contributed by atoms with Gasteiger partial charge in [-0.1, -0.05) is 25.3 Å². The van der Waals surface area contributed by atoms with Gasteiger partial charge in [0.2, 0.25) is 0 Å². The van der Waals surface area contributed by atoms with E-state index in [-0.39, 0.29) is 0 Å². The molecule has 0 heterocycles. The summed E-state index contributed by atoms with van der Waals surface area (Å²) in [6, 6.07) is 0. The fourth-order valence-corrected chi connectivity index (χ4v) is 4.10. The summed E-state index contributed by atoms with van der Waals surface area (Å²) in [5, 5.41) is 0. The second-order valence-corrected chi connectivity index (χ2v) is 6.11. The van der Waals surface area contributed by atoms with Crippen LogP contribution in [0.15, 0.2) is 17.2 Å². The normalized spacial score (nSPS) is 31.2. The van der Waals surface area contributed by atoms with Gasteiger partial charge in [-0.15, -0.1) is 0 Å². The molecule has 0 amide bonds. The lowest BCUT2D eigenvalue weighted by atomic mass is 9.70. The van der Waals surface area contributed by atoms with Gasteiger partial charge < -0.3 is 0 Å². The predicted octanol–water partition coefficient (Wildman–Crippen LogP) is 5.21. The van der Waals surface area contributed by atoms with Crippen LogP contribution in [0.4, 0.5) is 0 Å². The van der Waals surface area contributed by atoms with Gasteiger partial charge in [-0.3, -0.25) is 0 Å². The molecule has 17 heavy (non-hydrogen) atoms. The van der Waals surface area contributed by atoms with E-state index in [4.69, 9.17) is 0 Å². The van der Waals surface area contributed by atoms with Crippen molar-refractivity contribution in [3.05, 3.63) is 23.3 Å². The van der Waals surface area contributed by atoms with E-state index in [1.165, 1.54) is 70.6 Å². The summed E-state index contributed by atoms with van der Waals surface area (Å²) in [5.41, 5.74) is 3.35. The molecule has 0 saturated heterocycles. The van der Waals surface area contributed by atoms with Crippen LogP contribution in [0.3, 0.4) is 0 Å². The summed E-state index contributed by atoms with van der Waals surface area (Å²) >= 11 is 0. The van der Waals surface area contributed by atoms with Crippen LogP contribution in [-0.2, 0) is 0 Å². The maximum absolute atomic E-state index is 3.76. The van der Waals surface area contributed by atoms with E-state index in [9.17, 15) is 0 Å². The van der Waals surface area contributed by atoms with Gasteiger partial charge in [0.1, 0.15) is 0 Å². The van der Waals surface area contributed by atoms with E-state index in [1.54, 1.807) is 11.1 Å². The monoisotopic (exact) mass is 229 g/mol. The van der Waals surface area contributed by atoms with Crippen LogP contribution in [0.25, 0.3) is 0 Å². The minimum absolute atomic E-state index is 0.883. The van der Waals surface area contributed by atoms with Crippen LogP contribution in [0.5, 0.6) is 0 Å². The third-order valence-corrected chi connectivity index (χ3v) is 4.98. The molecule has 0 spiro atoms. The van der Waals surface area contributed by atoms with Crippen molar-refractivity contribution in [1.82, 2.24) is 0 Å². The first-order chi connectivity index (χ1) is 8.45. The van der Waals surface area contributed by atoms with Crippen molar-refractivity contribution in [3.63, 3.8) is 0 Å². The van der Waals surface area contributed by atoms with Gasteiger partial charge >= 0.3 is 0 Å². The van der Waals surface area contributed by atoms with Gasteiger partial charge in [0.25, 0.3) is 0 Å². The van der Waals surface area contributed by atoms with Crippen LogP contribution in [0, 0.1) is 17.9 Å². The Morgan fingerprint density at radius 2 is 1.82 bits per heavy atom. The van der Waals surface area contributed by atoms with Crippen LogP contribution >= 0.6 is 0 Å². The van der Waals surface area contributed by atoms with E-state index in [0.29, 0.717) is 0 Å². The molecule has 0 aromatic rings. The summed E-state index contributed by atoms with van der Waals surface area (Å²) in [5.74, 6) is 1.88.